The Morgan fingerprint density at radius 1 is 1.40 bits per heavy atom. The van der Waals surface area contributed by atoms with Gasteiger partial charge in [0.1, 0.15) is 15.4 Å². The molecule has 0 aliphatic heterocycles. The number of aryl methyl sites for hydroxylation is 1. The Morgan fingerprint density at radius 3 is 2.65 bits per heavy atom. The van der Waals surface area contributed by atoms with Crippen LogP contribution in [0.2, 0.25) is 0 Å². The van der Waals surface area contributed by atoms with E-state index in [1.165, 1.54) is 11.3 Å². The lowest BCUT2D eigenvalue weighted by atomic mass is 10.1. The molecule has 0 saturated carbocycles. The third-order valence-corrected chi connectivity index (χ3v) is 4.70. The van der Waals surface area contributed by atoms with E-state index in [0.717, 1.165) is 10.6 Å². The van der Waals surface area contributed by atoms with E-state index in [2.05, 4.69) is 10.3 Å². The largest absolute Gasteiger partial charge is 0.368 e. The van der Waals surface area contributed by atoms with Crippen molar-refractivity contribution in [1.29, 1.82) is 0 Å². The molecule has 2 amide bonds. The third-order valence-electron chi connectivity index (χ3n) is 2.81. The first-order valence-electron chi connectivity index (χ1n) is 5.93. The molecule has 0 unspecified atom stereocenters. The van der Waals surface area contributed by atoms with E-state index in [0.29, 0.717) is 10.6 Å². The van der Waals surface area contributed by atoms with Crippen molar-refractivity contribution >= 4 is 34.5 Å². The van der Waals surface area contributed by atoms with Crippen molar-refractivity contribution in [3.05, 3.63) is 27.4 Å². The number of hydrogen-bond acceptors (Lipinski definition) is 5. The van der Waals surface area contributed by atoms with Gasteiger partial charge in [-0.1, -0.05) is 0 Å². The average Bonchev–Trinajstić information content (AvgIpc) is 2.96. The summed E-state index contributed by atoms with van der Waals surface area (Å²) >= 11 is 2.89. The molecule has 2 aromatic heterocycles. The summed E-state index contributed by atoms with van der Waals surface area (Å²) in [6.07, 6.45) is 0. The van der Waals surface area contributed by atoms with Crippen LogP contribution in [0.3, 0.4) is 0 Å². The maximum Gasteiger partial charge on any atom is 0.264 e. The molecule has 20 heavy (non-hydrogen) atoms. The number of carbonyl (C=O) groups excluding carboxylic acids is 2. The summed E-state index contributed by atoms with van der Waals surface area (Å²) in [7, 11) is 0. The molecule has 0 aromatic carbocycles. The lowest BCUT2D eigenvalue weighted by Gasteiger charge is -2.21. The van der Waals surface area contributed by atoms with Crippen LogP contribution in [0.25, 0.3) is 10.6 Å². The highest BCUT2D eigenvalue weighted by molar-refractivity contribution is 7.17. The van der Waals surface area contributed by atoms with Gasteiger partial charge in [-0.2, -0.15) is 11.3 Å². The molecule has 2 rings (SSSR count). The standard InChI is InChI=1S/C13H15N3O2S2/c1-7-9(10(17)16-13(2,3)12(14)18)20-11(15-7)8-4-5-19-6-8/h4-6H,1-3H3,(H2,14,18)(H,16,17). The zero-order valence-corrected chi connectivity index (χ0v) is 13.0. The van der Waals surface area contributed by atoms with Crippen LogP contribution in [0.5, 0.6) is 0 Å². The number of carbonyl (C=O) groups is 2. The zero-order chi connectivity index (χ0) is 14.9. The van der Waals surface area contributed by atoms with Gasteiger partial charge in [-0.3, -0.25) is 9.59 Å². The molecule has 7 heteroatoms. The number of amides is 2. The summed E-state index contributed by atoms with van der Waals surface area (Å²) in [5.41, 5.74) is 5.81. The Kier molecular flexibility index (Phi) is 3.92. The Labute approximate surface area is 124 Å². The summed E-state index contributed by atoms with van der Waals surface area (Å²) in [5.74, 6) is -0.906. The van der Waals surface area contributed by atoms with Crippen LogP contribution in [-0.4, -0.2) is 22.3 Å². The molecular weight excluding hydrogens is 294 g/mol. The minimum Gasteiger partial charge on any atom is -0.368 e. The molecule has 0 aliphatic rings. The minimum absolute atomic E-state index is 0.328. The maximum absolute atomic E-state index is 12.2. The smallest absolute Gasteiger partial charge is 0.264 e. The first-order valence-corrected chi connectivity index (χ1v) is 7.69. The topological polar surface area (TPSA) is 85.1 Å². The number of nitrogens with two attached hydrogens (primary N) is 1. The monoisotopic (exact) mass is 309 g/mol. The van der Waals surface area contributed by atoms with Gasteiger partial charge in [-0.25, -0.2) is 4.98 Å². The SMILES string of the molecule is Cc1nc(-c2ccsc2)sc1C(=O)NC(C)(C)C(N)=O. The van der Waals surface area contributed by atoms with Crippen LogP contribution in [-0.2, 0) is 4.79 Å². The fraction of sp³-hybridized carbons (Fsp3) is 0.308. The van der Waals surface area contributed by atoms with Crippen LogP contribution >= 0.6 is 22.7 Å². The second-order valence-electron chi connectivity index (χ2n) is 4.89. The molecule has 2 aromatic rings. The van der Waals surface area contributed by atoms with Crippen molar-refractivity contribution < 1.29 is 9.59 Å². The highest BCUT2D eigenvalue weighted by Gasteiger charge is 2.29. The Balaban J connectivity index is 2.26. The van der Waals surface area contributed by atoms with Gasteiger partial charge in [-0.15, -0.1) is 11.3 Å². The highest BCUT2D eigenvalue weighted by atomic mass is 32.1. The number of nitrogens with one attached hydrogen (secondary N) is 1. The number of primary amides is 1. The molecule has 0 fully saturated rings. The van der Waals surface area contributed by atoms with Crippen molar-refractivity contribution in [3.8, 4) is 10.6 Å². The van der Waals surface area contributed by atoms with Crippen molar-refractivity contribution in [3.63, 3.8) is 0 Å². The van der Waals surface area contributed by atoms with E-state index in [1.807, 2.05) is 16.8 Å². The third kappa shape index (κ3) is 2.88. The second kappa shape index (κ2) is 5.34. The summed E-state index contributed by atoms with van der Waals surface area (Å²) in [4.78, 5) is 28.4. The molecular formula is C13H15N3O2S2. The van der Waals surface area contributed by atoms with Crippen molar-refractivity contribution in [2.45, 2.75) is 26.3 Å². The van der Waals surface area contributed by atoms with E-state index in [-0.39, 0.29) is 5.91 Å². The second-order valence-corrected chi connectivity index (χ2v) is 6.67. The fourth-order valence-corrected chi connectivity index (χ4v) is 3.19. The quantitative estimate of drug-likeness (QED) is 0.907. The Bertz CT molecular complexity index is 645. The van der Waals surface area contributed by atoms with Crippen LogP contribution in [0.1, 0.15) is 29.2 Å². The Morgan fingerprint density at radius 2 is 2.10 bits per heavy atom. The van der Waals surface area contributed by atoms with Gasteiger partial charge in [-0.05, 0) is 32.2 Å². The molecule has 3 N–H and O–H groups in total. The van der Waals surface area contributed by atoms with Crippen LogP contribution in [0.15, 0.2) is 16.8 Å². The predicted octanol–water partition coefficient (Wildman–Crippen LogP) is 2.17. The van der Waals surface area contributed by atoms with Gasteiger partial charge in [0.05, 0.1) is 5.69 Å². The normalized spacial score (nSPS) is 11.3. The first kappa shape index (κ1) is 14.7. The van der Waals surface area contributed by atoms with Crippen LogP contribution in [0.4, 0.5) is 0 Å². The maximum atomic E-state index is 12.2. The van der Waals surface area contributed by atoms with Gasteiger partial charge < -0.3 is 11.1 Å². The molecule has 0 aliphatic carbocycles. The summed E-state index contributed by atoms with van der Waals surface area (Å²) < 4.78 is 0. The number of thiophene rings is 1. The first-order chi connectivity index (χ1) is 9.31. The van der Waals surface area contributed by atoms with Gasteiger partial charge >= 0.3 is 0 Å². The molecule has 0 bridgehead atoms. The lowest BCUT2D eigenvalue weighted by molar-refractivity contribution is -0.122. The van der Waals surface area contributed by atoms with Gasteiger partial charge in [0.15, 0.2) is 0 Å². The minimum atomic E-state index is -1.09. The van der Waals surface area contributed by atoms with E-state index in [4.69, 9.17) is 5.73 Å². The number of rotatable bonds is 4. The van der Waals surface area contributed by atoms with E-state index >= 15 is 0 Å². The van der Waals surface area contributed by atoms with Gasteiger partial charge in [0, 0.05) is 10.9 Å². The van der Waals surface area contributed by atoms with Crippen molar-refractivity contribution in [2.24, 2.45) is 5.73 Å². The molecule has 0 atom stereocenters. The zero-order valence-electron chi connectivity index (χ0n) is 11.4. The molecule has 2 heterocycles. The van der Waals surface area contributed by atoms with Gasteiger partial charge in [0.25, 0.3) is 5.91 Å². The number of hydrogen-bond donors (Lipinski definition) is 2. The number of aromatic nitrogens is 1. The molecule has 0 radical (unpaired) electrons. The van der Waals surface area contributed by atoms with Crippen molar-refractivity contribution in [1.82, 2.24) is 10.3 Å². The summed E-state index contributed by atoms with van der Waals surface area (Å²) in [6.45, 7) is 4.92. The van der Waals surface area contributed by atoms with E-state index < -0.39 is 11.4 Å². The number of thiazole rings is 1. The lowest BCUT2D eigenvalue weighted by Crippen LogP contribution is -2.52. The number of nitrogens with zero attached hydrogens (tertiary/aromatic N) is 1. The fourth-order valence-electron chi connectivity index (χ4n) is 1.52. The van der Waals surface area contributed by atoms with E-state index in [9.17, 15) is 9.59 Å². The molecule has 0 spiro atoms. The van der Waals surface area contributed by atoms with Crippen LogP contribution in [0, 0.1) is 6.92 Å². The summed E-state index contributed by atoms with van der Waals surface area (Å²) in [6, 6.07) is 1.96. The predicted molar refractivity (Wildman–Crippen MR) is 80.9 cm³/mol. The Hall–Kier alpha value is -1.73. The van der Waals surface area contributed by atoms with Gasteiger partial charge in [0.2, 0.25) is 5.91 Å². The van der Waals surface area contributed by atoms with Crippen molar-refractivity contribution in [2.75, 3.05) is 0 Å². The van der Waals surface area contributed by atoms with Crippen LogP contribution < -0.4 is 11.1 Å². The highest BCUT2D eigenvalue weighted by Crippen LogP contribution is 2.29. The molecule has 0 saturated heterocycles. The summed E-state index contributed by atoms with van der Waals surface area (Å²) in [5, 5.41) is 7.37. The van der Waals surface area contributed by atoms with E-state index in [1.54, 1.807) is 32.1 Å². The molecule has 5 nitrogen and oxygen atoms in total. The molecule has 106 valence electrons. The average molecular weight is 309 g/mol.